The molecule has 0 unspecified atom stereocenters. The second-order valence-electron chi connectivity index (χ2n) is 4.80. The third-order valence-corrected chi connectivity index (χ3v) is 4.96. The van der Waals surface area contributed by atoms with Gasteiger partial charge in [-0.2, -0.15) is 0 Å². The van der Waals surface area contributed by atoms with Gasteiger partial charge in [-0.1, -0.05) is 23.7 Å². The third kappa shape index (κ3) is 4.22. The Kier molecular flexibility index (Phi) is 5.45. The molecular formula is C16H18ClNO3S. The normalized spacial score (nSPS) is 12.9. The minimum Gasteiger partial charge on any atom is -0.494 e. The van der Waals surface area contributed by atoms with Crippen molar-refractivity contribution in [1.82, 2.24) is 4.72 Å². The zero-order valence-electron chi connectivity index (χ0n) is 12.4. The lowest BCUT2D eigenvalue weighted by atomic mass is 10.1. The summed E-state index contributed by atoms with van der Waals surface area (Å²) in [6.07, 6.45) is 0. The molecule has 0 heterocycles. The fourth-order valence-electron chi connectivity index (χ4n) is 2.00. The quantitative estimate of drug-likeness (QED) is 0.871. The molecular weight excluding hydrogens is 322 g/mol. The molecule has 0 aliphatic rings. The Morgan fingerprint density at radius 2 is 1.68 bits per heavy atom. The number of sulfonamides is 1. The van der Waals surface area contributed by atoms with Crippen molar-refractivity contribution >= 4 is 21.6 Å². The summed E-state index contributed by atoms with van der Waals surface area (Å²) in [4.78, 5) is 0.190. The van der Waals surface area contributed by atoms with Gasteiger partial charge in [0.25, 0.3) is 0 Å². The lowest BCUT2D eigenvalue weighted by Crippen LogP contribution is -2.26. The van der Waals surface area contributed by atoms with E-state index in [1.54, 1.807) is 19.1 Å². The maximum absolute atomic E-state index is 12.3. The number of halogens is 1. The second kappa shape index (κ2) is 7.13. The van der Waals surface area contributed by atoms with E-state index < -0.39 is 10.0 Å². The Morgan fingerprint density at radius 3 is 2.23 bits per heavy atom. The van der Waals surface area contributed by atoms with Crippen LogP contribution >= 0.6 is 11.6 Å². The van der Waals surface area contributed by atoms with Crippen LogP contribution < -0.4 is 9.46 Å². The highest BCUT2D eigenvalue weighted by Crippen LogP contribution is 2.21. The van der Waals surface area contributed by atoms with Gasteiger partial charge in [0.15, 0.2) is 0 Å². The van der Waals surface area contributed by atoms with E-state index in [1.807, 2.05) is 31.2 Å². The highest BCUT2D eigenvalue weighted by Gasteiger charge is 2.18. The molecule has 0 spiro atoms. The summed E-state index contributed by atoms with van der Waals surface area (Å²) in [7, 11) is -3.58. The van der Waals surface area contributed by atoms with Crippen LogP contribution in [0.4, 0.5) is 0 Å². The van der Waals surface area contributed by atoms with E-state index in [1.165, 1.54) is 12.1 Å². The topological polar surface area (TPSA) is 55.4 Å². The summed E-state index contributed by atoms with van der Waals surface area (Å²) in [6, 6.07) is 13.1. The molecule has 0 aliphatic carbocycles. The molecule has 0 aromatic heterocycles. The van der Waals surface area contributed by atoms with E-state index in [0.29, 0.717) is 11.6 Å². The Bertz CT molecular complexity index is 712. The largest absolute Gasteiger partial charge is 0.494 e. The van der Waals surface area contributed by atoms with Crippen molar-refractivity contribution < 1.29 is 13.2 Å². The van der Waals surface area contributed by atoms with E-state index in [0.717, 1.165) is 11.3 Å². The highest BCUT2D eigenvalue weighted by molar-refractivity contribution is 7.89. The molecule has 0 saturated heterocycles. The van der Waals surface area contributed by atoms with E-state index >= 15 is 0 Å². The predicted octanol–water partition coefficient (Wildman–Crippen LogP) is 3.78. The Morgan fingerprint density at radius 1 is 1.09 bits per heavy atom. The van der Waals surface area contributed by atoms with Gasteiger partial charge in [-0.15, -0.1) is 0 Å². The van der Waals surface area contributed by atoms with Crippen LogP contribution in [0.25, 0.3) is 0 Å². The van der Waals surface area contributed by atoms with Gasteiger partial charge in [0, 0.05) is 11.1 Å². The first-order valence-electron chi connectivity index (χ1n) is 6.93. The first-order valence-corrected chi connectivity index (χ1v) is 8.79. The molecule has 2 aromatic carbocycles. The van der Waals surface area contributed by atoms with Gasteiger partial charge in [0.2, 0.25) is 10.0 Å². The number of hydrogen-bond acceptors (Lipinski definition) is 3. The molecule has 2 rings (SSSR count). The number of nitrogens with one attached hydrogen (secondary N) is 1. The third-order valence-electron chi connectivity index (χ3n) is 3.15. The SMILES string of the molecule is CCOc1ccc([C@H](C)NS(=O)(=O)c2ccc(Cl)cc2)cc1. The van der Waals surface area contributed by atoms with Crippen molar-refractivity contribution in [3.63, 3.8) is 0 Å². The average Bonchev–Trinajstić information content (AvgIpc) is 2.48. The molecule has 22 heavy (non-hydrogen) atoms. The molecule has 0 bridgehead atoms. The van der Waals surface area contributed by atoms with Crippen LogP contribution in [0.2, 0.25) is 5.02 Å². The van der Waals surface area contributed by atoms with Crippen LogP contribution in [0.1, 0.15) is 25.5 Å². The Labute approximate surface area is 136 Å². The molecule has 0 amide bonds. The molecule has 6 heteroatoms. The van der Waals surface area contributed by atoms with Crippen LogP contribution in [0, 0.1) is 0 Å². The van der Waals surface area contributed by atoms with E-state index in [4.69, 9.17) is 16.3 Å². The maximum Gasteiger partial charge on any atom is 0.241 e. The van der Waals surface area contributed by atoms with Crippen molar-refractivity contribution in [2.45, 2.75) is 24.8 Å². The number of ether oxygens (including phenoxy) is 1. The zero-order valence-corrected chi connectivity index (χ0v) is 14.0. The fourth-order valence-corrected chi connectivity index (χ4v) is 3.36. The minimum atomic E-state index is -3.58. The van der Waals surface area contributed by atoms with Gasteiger partial charge in [0.05, 0.1) is 11.5 Å². The summed E-state index contributed by atoms with van der Waals surface area (Å²) in [5.41, 5.74) is 0.862. The number of rotatable bonds is 6. The van der Waals surface area contributed by atoms with E-state index in [9.17, 15) is 8.42 Å². The predicted molar refractivity (Wildman–Crippen MR) is 87.8 cm³/mol. The minimum absolute atomic E-state index is 0.190. The molecule has 1 atom stereocenters. The van der Waals surface area contributed by atoms with Gasteiger partial charge in [-0.3, -0.25) is 0 Å². The van der Waals surface area contributed by atoms with Crippen molar-refractivity contribution in [1.29, 1.82) is 0 Å². The highest BCUT2D eigenvalue weighted by atomic mass is 35.5. The Hall–Kier alpha value is -1.56. The fraction of sp³-hybridized carbons (Fsp3) is 0.250. The van der Waals surface area contributed by atoms with Gasteiger partial charge >= 0.3 is 0 Å². The van der Waals surface area contributed by atoms with E-state index in [2.05, 4.69) is 4.72 Å². The van der Waals surface area contributed by atoms with Gasteiger partial charge in [-0.25, -0.2) is 13.1 Å². The standard InChI is InChI=1S/C16H18ClNO3S/c1-3-21-15-8-4-13(5-9-15)12(2)18-22(19,20)16-10-6-14(17)7-11-16/h4-12,18H,3H2,1-2H3/t12-/m0/s1. The van der Waals surface area contributed by atoms with Gasteiger partial charge < -0.3 is 4.74 Å². The molecule has 0 fully saturated rings. The number of hydrogen-bond donors (Lipinski definition) is 1. The molecule has 4 nitrogen and oxygen atoms in total. The van der Waals surface area contributed by atoms with Crippen molar-refractivity contribution in [3.8, 4) is 5.75 Å². The Balaban J connectivity index is 2.13. The second-order valence-corrected chi connectivity index (χ2v) is 6.95. The summed E-state index contributed by atoms with van der Waals surface area (Å²) in [6.45, 7) is 4.30. The lowest BCUT2D eigenvalue weighted by molar-refractivity contribution is 0.340. The smallest absolute Gasteiger partial charge is 0.241 e. The van der Waals surface area contributed by atoms with Gasteiger partial charge in [-0.05, 0) is 55.8 Å². The first kappa shape index (κ1) is 16.8. The monoisotopic (exact) mass is 339 g/mol. The summed E-state index contributed by atoms with van der Waals surface area (Å²) < 4.78 is 32.7. The zero-order chi connectivity index (χ0) is 16.2. The molecule has 0 radical (unpaired) electrons. The lowest BCUT2D eigenvalue weighted by Gasteiger charge is -2.15. The van der Waals surface area contributed by atoms with Crippen molar-refractivity contribution in [3.05, 3.63) is 59.1 Å². The van der Waals surface area contributed by atoms with Crippen LogP contribution in [-0.2, 0) is 10.0 Å². The molecule has 1 N–H and O–H groups in total. The van der Waals surface area contributed by atoms with Crippen LogP contribution in [0.3, 0.4) is 0 Å². The molecule has 118 valence electrons. The van der Waals surface area contributed by atoms with E-state index in [-0.39, 0.29) is 10.9 Å². The summed E-state index contributed by atoms with van der Waals surface area (Å²) >= 11 is 5.78. The van der Waals surface area contributed by atoms with Gasteiger partial charge in [0.1, 0.15) is 5.75 Å². The average molecular weight is 340 g/mol. The summed E-state index contributed by atoms with van der Waals surface area (Å²) in [5.74, 6) is 0.763. The van der Waals surface area contributed by atoms with Crippen LogP contribution in [-0.4, -0.2) is 15.0 Å². The molecule has 0 saturated carbocycles. The number of benzene rings is 2. The maximum atomic E-state index is 12.3. The van der Waals surface area contributed by atoms with Crippen LogP contribution in [0.5, 0.6) is 5.75 Å². The molecule has 0 aliphatic heterocycles. The van der Waals surface area contributed by atoms with Crippen molar-refractivity contribution in [2.75, 3.05) is 6.61 Å². The van der Waals surface area contributed by atoms with Crippen molar-refractivity contribution in [2.24, 2.45) is 0 Å². The summed E-state index contributed by atoms with van der Waals surface area (Å²) in [5, 5.41) is 0.499. The molecule has 2 aromatic rings. The van der Waals surface area contributed by atoms with Crippen LogP contribution in [0.15, 0.2) is 53.4 Å². The first-order chi connectivity index (χ1) is 10.4.